The molecule has 25 heavy (non-hydrogen) atoms. The number of rotatable bonds is 0. The molecule has 2 aliphatic rings. The van der Waals surface area contributed by atoms with Gasteiger partial charge in [-0.05, 0) is 30.0 Å². The minimum atomic E-state index is -0.170. The van der Waals surface area contributed by atoms with Crippen molar-refractivity contribution in [3.63, 3.8) is 0 Å². The first-order chi connectivity index (χ1) is 12.2. The number of carbonyl (C=O) groups excluding carboxylic acids is 1. The van der Waals surface area contributed by atoms with Gasteiger partial charge in [-0.2, -0.15) is 0 Å². The number of hydrogen-bond acceptors (Lipinski definition) is 5. The van der Waals surface area contributed by atoms with E-state index in [9.17, 15) is 4.79 Å². The molecular weight excluding hydrogens is 322 g/mol. The minimum Gasteiger partial charge on any atom is -0.502 e. The third-order valence-electron chi connectivity index (χ3n) is 4.44. The third kappa shape index (κ3) is 3.08. The van der Waals surface area contributed by atoms with Crippen molar-refractivity contribution in [2.24, 2.45) is 5.92 Å². The van der Waals surface area contributed by atoms with Crippen LogP contribution in [0.4, 0.5) is 5.69 Å². The van der Waals surface area contributed by atoms with Crippen LogP contribution in [-0.2, 0) is 9.53 Å². The average Bonchev–Trinajstić information content (AvgIpc) is 2.98. The van der Waals surface area contributed by atoms with Gasteiger partial charge in [-0.15, -0.1) is 0 Å². The first-order valence-electron chi connectivity index (χ1n) is 8.18. The molecule has 0 saturated carbocycles. The summed E-state index contributed by atoms with van der Waals surface area (Å²) in [7, 11) is 0. The molecule has 7 nitrogen and oxygen atoms in total. The van der Waals surface area contributed by atoms with Gasteiger partial charge in [0.25, 0.3) is 0 Å². The standard InChI is InChI=1S/C18H17N3O4/c1-19-15-7-11-2-3-20-18-14(11)8-16(15)24-5-4-23-9-12-6-13(10-25-18)21-17(12)22/h2-3,7-8,12-13H,4-6,9-10H2,(H,21,22)/t12-,13+/m1/s1. The number of nitrogens with one attached hydrogen (secondary N) is 1. The summed E-state index contributed by atoms with van der Waals surface area (Å²) >= 11 is 0. The molecule has 0 radical (unpaired) electrons. The van der Waals surface area contributed by atoms with Gasteiger partial charge < -0.3 is 19.5 Å². The number of amides is 1. The van der Waals surface area contributed by atoms with Crippen molar-refractivity contribution in [1.29, 1.82) is 0 Å². The fourth-order valence-electron chi connectivity index (χ4n) is 3.18. The summed E-state index contributed by atoms with van der Waals surface area (Å²) in [6.45, 7) is 8.72. The monoisotopic (exact) mass is 339 g/mol. The highest BCUT2D eigenvalue weighted by Gasteiger charge is 2.32. The zero-order chi connectivity index (χ0) is 17.2. The first-order valence-corrected chi connectivity index (χ1v) is 8.18. The van der Waals surface area contributed by atoms with Gasteiger partial charge in [0.15, 0.2) is 0 Å². The topological polar surface area (TPSA) is 74.0 Å². The molecule has 1 fully saturated rings. The summed E-state index contributed by atoms with van der Waals surface area (Å²) in [5.74, 6) is 0.784. The van der Waals surface area contributed by atoms with Crippen LogP contribution in [0.2, 0.25) is 0 Å². The molecule has 7 heteroatoms. The number of fused-ring (bicyclic) bond motifs is 3. The van der Waals surface area contributed by atoms with E-state index in [-0.39, 0.29) is 17.9 Å². The van der Waals surface area contributed by atoms with Gasteiger partial charge in [-0.1, -0.05) is 0 Å². The predicted molar refractivity (Wildman–Crippen MR) is 89.9 cm³/mol. The van der Waals surface area contributed by atoms with Gasteiger partial charge in [-0.3, -0.25) is 4.79 Å². The van der Waals surface area contributed by atoms with Crippen molar-refractivity contribution in [3.05, 3.63) is 35.8 Å². The highest BCUT2D eigenvalue weighted by molar-refractivity contribution is 5.92. The molecule has 1 amide bonds. The number of hydrogen-bond donors (Lipinski definition) is 1. The Labute approximate surface area is 144 Å². The third-order valence-corrected chi connectivity index (χ3v) is 4.44. The molecule has 0 aliphatic carbocycles. The van der Waals surface area contributed by atoms with E-state index in [1.807, 2.05) is 6.07 Å². The van der Waals surface area contributed by atoms with Crippen LogP contribution >= 0.6 is 0 Å². The Morgan fingerprint density at radius 2 is 2.16 bits per heavy atom. The normalized spacial score (nSPS) is 23.2. The number of pyridine rings is 1. The summed E-state index contributed by atoms with van der Waals surface area (Å²) in [6.07, 6.45) is 2.33. The SMILES string of the molecule is [C-]#[N+]c1cc2ccnc3c2cc1OCCOC[C@H]1C[C@@H](CO3)NC1=O. The van der Waals surface area contributed by atoms with E-state index in [0.29, 0.717) is 50.2 Å². The molecule has 2 aliphatic heterocycles. The zero-order valence-electron chi connectivity index (χ0n) is 13.5. The van der Waals surface area contributed by atoms with E-state index in [0.717, 1.165) is 10.8 Å². The van der Waals surface area contributed by atoms with Crippen molar-refractivity contribution in [3.8, 4) is 11.6 Å². The predicted octanol–water partition coefficient (Wildman–Crippen LogP) is 2.08. The molecule has 4 bridgehead atoms. The fourth-order valence-corrected chi connectivity index (χ4v) is 3.18. The lowest BCUT2D eigenvalue weighted by atomic mass is 10.1. The summed E-state index contributed by atoms with van der Waals surface area (Å²) in [6, 6.07) is 5.33. The van der Waals surface area contributed by atoms with E-state index in [2.05, 4.69) is 15.1 Å². The van der Waals surface area contributed by atoms with Gasteiger partial charge in [0.05, 0.1) is 31.7 Å². The average molecular weight is 339 g/mol. The van der Waals surface area contributed by atoms with Crippen LogP contribution in [0.25, 0.3) is 15.6 Å². The van der Waals surface area contributed by atoms with E-state index < -0.39 is 0 Å². The fraction of sp³-hybridized carbons (Fsp3) is 0.389. The molecule has 1 aromatic heterocycles. The lowest BCUT2D eigenvalue weighted by Gasteiger charge is -2.15. The largest absolute Gasteiger partial charge is 0.502 e. The van der Waals surface area contributed by atoms with Crippen LogP contribution in [0.3, 0.4) is 0 Å². The molecule has 1 N–H and O–H groups in total. The molecule has 1 saturated heterocycles. The highest BCUT2D eigenvalue weighted by Crippen LogP contribution is 2.36. The first kappa shape index (κ1) is 15.7. The van der Waals surface area contributed by atoms with Gasteiger partial charge in [0.1, 0.15) is 19.0 Å². The number of benzene rings is 1. The Morgan fingerprint density at radius 3 is 3.04 bits per heavy atom. The Morgan fingerprint density at radius 1 is 1.24 bits per heavy atom. The lowest BCUT2D eigenvalue weighted by molar-refractivity contribution is -0.124. The van der Waals surface area contributed by atoms with Crippen molar-refractivity contribution in [1.82, 2.24) is 10.3 Å². The minimum absolute atomic E-state index is 0.00795. The van der Waals surface area contributed by atoms with Gasteiger partial charge in [0, 0.05) is 11.6 Å². The highest BCUT2D eigenvalue weighted by atomic mass is 16.5. The zero-order valence-corrected chi connectivity index (χ0v) is 13.5. The van der Waals surface area contributed by atoms with Gasteiger partial charge >= 0.3 is 0 Å². The van der Waals surface area contributed by atoms with Crippen molar-refractivity contribution in [2.75, 3.05) is 26.4 Å². The van der Waals surface area contributed by atoms with Crippen LogP contribution in [0.15, 0.2) is 24.4 Å². The second kappa shape index (κ2) is 6.57. The maximum absolute atomic E-state index is 12.0. The van der Waals surface area contributed by atoms with E-state index in [1.165, 1.54) is 0 Å². The number of aromatic nitrogens is 1. The smallest absolute Gasteiger partial charge is 0.228 e. The van der Waals surface area contributed by atoms with Crippen molar-refractivity contribution < 1.29 is 19.0 Å². The Kier molecular flexibility index (Phi) is 4.12. The van der Waals surface area contributed by atoms with Crippen LogP contribution in [0.1, 0.15) is 6.42 Å². The lowest BCUT2D eigenvalue weighted by Crippen LogP contribution is -2.31. The molecule has 0 unspecified atom stereocenters. The van der Waals surface area contributed by atoms with Gasteiger partial charge in [0.2, 0.25) is 17.5 Å². The van der Waals surface area contributed by atoms with Crippen LogP contribution < -0.4 is 14.8 Å². The van der Waals surface area contributed by atoms with Gasteiger partial charge in [-0.25, -0.2) is 9.83 Å². The van der Waals surface area contributed by atoms with Crippen molar-refractivity contribution in [2.45, 2.75) is 12.5 Å². The summed E-state index contributed by atoms with van der Waals surface area (Å²) in [5.41, 5.74) is 0.439. The summed E-state index contributed by atoms with van der Waals surface area (Å²) < 4.78 is 17.1. The van der Waals surface area contributed by atoms with Crippen LogP contribution in [-0.4, -0.2) is 43.4 Å². The molecule has 3 heterocycles. The number of ether oxygens (including phenoxy) is 3. The molecule has 2 atom stereocenters. The van der Waals surface area contributed by atoms with Crippen LogP contribution in [0, 0.1) is 12.5 Å². The quantitative estimate of drug-likeness (QED) is 0.744. The van der Waals surface area contributed by atoms with Crippen molar-refractivity contribution >= 4 is 22.4 Å². The molecule has 0 spiro atoms. The number of carbonyl (C=O) groups is 1. The second-order valence-electron chi connectivity index (χ2n) is 6.14. The molecular formula is C18H17N3O4. The summed E-state index contributed by atoms with van der Waals surface area (Å²) in [4.78, 5) is 19.8. The van der Waals surface area contributed by atoms with E-state index in [4.69, 9.17) is 20.8 Å². The van der Waals surface area contributed by atoms with E-state index in [1.54, 1.807) is 18.3 Å². The molecule has 1 aromatic carbocycles. The summed E-state index contributed by atoms with van der Waals surface area (Å²) in [5, 5.41) is 4.58. The molecule has 2 aromatic rings. The van der Waals surface area contributed by atoms with E-state index >= 15 is 0 Å². The number of nitrogens with zero attached hydrogens (tertiary/aromatic N) is 2. The second-order valence-corrected chi connectivity index (χ2v) is 6.14. The Bertz CT molecular complexity index is 861. The van der Waals surface area contributed by atoms with Crippen LogP contribution in [0.5, 0.6) is 11.6 Å². The molecule has 4 rings (SSSR count). The maximum atomic E-state index is 12.0. The Balaban J connectivity index is 1.71. The Hall–Kier alpha value is -2.85. The molecule has 128 valence electrons. The maximum Gasteiger partial charge on any atom is 0.228 e.